The lowest BCUT2D eigenvalue weighted by Crippen LogP contribution is -2.21. The fraction of sp³-hybridized carbons (Fsp3) is 0.267. The summed E-state index contributed by atoms with van der Waals surface area (Å²) in [7, 11) is 0. The fourth-order valence-electron chi connectivity index (χ4n) is 1.75. The Balaban J connectivity index is 2.16. The summed E-state index contributed by atoms with van der Waals surface area (Å²) in [5, 5.41) is 1.48. The van der Waals surface area contributed by atoms with Crippen molar-refractivity contribution in [1.29, 1.82) is 0 Å². The molecule has 1 unspecified atom stereocenters. The highest BCUT2D eigenvalue weighted by Crippen LogP contribution is 2.36. The summed E-state index contributed by atoms with van der Waals surface area (Å²) in [6.07, 6.45) is 3.62. The van der Waals surface area contributed by atoms with E-state index in [9.17, 15) is 0 Å². The van der Waals surface area contributed by atoms with Gasteiger partial charge in [0.25, 0.3) is 0 Å². The van der Waals surface area contributed by atoms with E-state index in [1.165, 1.54) is 5.56 Å². The van der Waals surface area contributed by atoms with Gasteiger partial charge in [-0.25, -0.2) is 4.98 Å². The van der Waals surface area contributed by atoms with Crippen LogP contribution in [0.4, 0.5) is 0 Å². The summed E-state index contributed by atoms with van der Waals surface area (Å²) in [6, 6.07) is 10.2. The molecule has 1 aromatic heterocycles. The van der Waals surface area contributed by atoms with E-state index < -0.39 is 0 Å². The standard InChI is InChI=1S/C15H16BrClN2S/c1-2-11(18)8-10-5-6-14(12(16)9-10)20-15-13(17)4-3-7-19-15/h3-7,9,11H,2,8,18H2,1H3. The van der Waals surface area contributed by atoms with Crippen LogP contribution in [0.5, 0.6) is 0 Å². The first-order valence-corrected chi connectivity index (χ1v) is 8.41. The first-order valence-electron chi connectivity index (χ1n) is 6.42. The lowest BCUT2D eigenvalue weighted by atomic mass is 10.1. The van der Waals surface area contributed by atoms with E-state index in [1.54, 1.807) is 18.0 Å². The first-order chi connectivity index (χ1) is 9.60. The van der Waals surface area contributed by atoms with Gasteiger partial charge in [0, 0.05) is 21.6 Å². The number of pyridine rings is 1. The molecule has 0 saturated heterocycles. The second kappa shape index (κ2) is 7.46. The summed E-state index contributed by atoms with van der Waals surface area (Å²) >= 11 is 11.3. The maximum Gasteiger partial charge on any atom is 0.119 e. The van der Waals surface area contributed by atoms with Gasteiger partial charge in [-0.2, -0.15) is 0 Å². The van der Waals surface area contributed by atoms with Crippen molar-refractivity contribution in [3.8, 4) is 0 Å². The van der Waals surface area contributed by atoms with Gasteiger partial charge in [-0.05, 0) is 58.6 Å². The van der Waals surface area contributed by atoms with Crippen LogP contribution in [0.15, 0.2) is 50.9 Å². The predicted molar refractivity (Wildman–Crippen MR) is 89.5 cm³/mol. The molecule has 2 nitrogen and oxygen atoms in total. The van der Waals surface area contributed by atoms with Crippen molar-refractivity contribution in [2.45, 2.75) is 35.7 Å². The van der Waals surface area contributed by atoms with E-state index in [0.29, 0.717) is 5.02 Å². The van der Waals surface area contributed by atoms with Crippen molar-refractivity contribution < 1.29 is 0 Å². The molecule has 0 spiro atoms. The van der Waals surface area contributed by atoms with E-state index >= 15 is 0 Å². The van der Waals surface area contributed by atoms with Crippen molar-refractivity contribution in [3.05, 3.63) is 51.6 Å². The second-order valence-corrected chi connectivity index (χ2v) is 6.82. The molecule has 5 heteroatoms. The Hall–Kier alpha value is -0.550. The molecule has 0 saturated carbocycles. The van der Waals surface area contributed by atoms with Crippen LogP contribution in [-0.4, -0.2) is 11.0 Å². The highest BCUT2D eigenvalue weighted by Gasteiger charge is 2.09. The maximum absolute atomic E-state index is 6.13. The summed E-state index contributed by atoms with van der Waals surface area (Å²) in [5.41, 5.74) is 7.23. The number of hydrogen-bond donors (Lipinski definition) is 1. The summed E-state index contributed by atoms with van der Waals surface area (Å²) in [5.74, 6) is 0. The predicted octanol–water partition coefficient (Wildman–Crippen LogP) is 4.93. The average molecular weight is 372 g/mol. The third-order valence-corrected chi connectivity index (χ3v) is 5.38. The maximum atomic E-state index is 6.13. The third kappa shape index (κ3) is 4.22. The molecular weight excluding hydrogens is 356 g/mol. The number of rotatable bonds is 5. The Bertz CT molecular complexity index is 592. The normalized spacial score (nSPS) is 12.4. The molecule has 0 aliphatic rings. The number of nitrogens with two attached hydrogens (primary N) is 1. The summed E-state index contributed by atoms with van der Waals surface area (Å²) in [6.45, 7) is 2.10. The van der Waals surface area contributed by atoms with Gasteiger partial charge in [-0.3, -0.25) is 0 Å². The minimum atomic E-state index is 0.214. The van der Waals surface area contributed by atoms with Crippen LogP contribution < -0.4 is 5.73 Å². The van der Waals surface area contributed by atoms with Crippen LogP contribution in [0, 0.1) is 0 Å². The first kappa shape index (κ1) is 15.8. The zero-order valence-electron chi connectivity index (χ0n) is 11.1. The van der Waals surface area contributed by atoms with E-state index in [2.05, 4.69) is 46.0 Å². The lowest BCUT2D eigenvalue weighted by molar-refractivity contribution is 0.646. The minimum absolute atomic E-state index is 0.214. The van der Waals surface area contributed by atoms with Crippen molar-refractivity contribution in [3.63, 3.8) is 0 Å². The third-order valence-electron chi connectivity index (χ3n) is 2.95. The Labute approximate surface area is 137 Å². The SMILES string of the molecule is CCC(N)Cc1ccc(Sc2ncccc2Cl)c(Br)c1. The van der Waals surface area contributed by atoms with Crippen LogP contribution >= 0.6 is 39.3 Å². The van der Waals surface area contributed by atoms with Gasteiger partial charge in [0.15, 0.2) is 0 Å². The molecule has 0 amide bonds. The van der Waals surface area contributed by atoms with Crippen LogP contribution in [0.3, 0.4) is 0 Å². The minimum Gasteiger partial charge on any atom is -0.327 e. The average Bonchev–Trinajstić information content (AvgIpc) is 2.44. The number of halogens is 2. The van der Waals surface area contributed by atoms with Crippen LogP contribution in [0.1, 0.15) is 18.9 Å². The van der Waals surface area contributed by atoms with Gasteiger partial charge in [-0.15, -0.1) is 0 Å². The Morgan fingerprint density at radius 3 is 2.85 bits per heavy atom. The van der Waals surface area contributed by atoms with Crippen molar-refractivity contribution in [2.24, 2.45) is 5.73 Å². The summed E-state index contributed by atoms with van der Waals surface area (Å²) in [4.78, 5) is 5.39. The highest BCUT2D eigenvalue weighted by atomic mass is 79.9. The topological polar surface area (TPSA) is 38.9 Å². The number of benzene rings is 1. The molecular formula is C15H16BrClN2S. The van der Waals surface area contributed by atoms with E-state index in [4.69, 9.17) is 17.3 Å². The molecule has 20 heavy (non-hydrogen) atoms. The van der Waals surface area contributed by atoms with Gasteiger partial charge < -0.3 is 5.73 Å². The number of aromatic nitrogens is 1. The Morgan fingerprint density at radius 2 is 2.20 bits per heavy atom. The number of nitrogens with zero attached hydrogens (tertiary/aromatic N) is 1. The lowest BCUT2D eigenvalue weighted by Gasteiger charge is -2.11. The molecule has 0 radical (unpaired) electrons. The smallest absolute Gasteiger partial charge is 0.119 e. The van der Waals surface area contributed by atoms with E-state index in [-0.39, 0.29) is 6.04 Å². The monoisotopic (exact) mass is 370 g/mol. The van der Waals surface area contributed by atoms with Gasteiger partial charge >= 0.3 is 0 Å². The second-order valence-electron chi connectivity index (χ2n) is 4.53. The van der Waals surface area contributed by atoms with E-state index in [0.717, 1.165) is 27.2 Å². The van der Waals surface area contributed by atoms with Crippen molar-refractivity contribution in [2.75, 3.05) is 0 Å². The molecule has 0 aliphatic carbocycles. The van der Waals surface area contributed by atoms with Crippen LogP contribution in [-0.2, 0) is 6.42 Å². The molecule has 2 N–H and O–H groups in total. The van der Waals surface area contributed by atoms with Gasteiger partial charge in [0.2, 0.25) is 0 Å². The van der Waals surface area contributed by atoms with Gasteiger partial charge in [0.05, 0.1) is 5.02 Å². The molecule has 0 aliphatic heterocycles. The Kier molecular flexibility index (Phi) is 5.90. The summed E-state index contributed by atoms with van der Waals surface area (Å²) < 4.78 is 1.05. The molecule has 2 rings (SSSR count). The largest absolute Gasteiger partial charge is 0.327 e. The quantitative estimate of drug-likeness (QED) is 0.810. The highest BCUT2D eigenvalue weighted by molar-refractivity contribution is 9.10. The molecule has 1 atom stereocenters. The van der Waals surface area contributed by atoms with Crippen LogP contribution in [0.2, 0.25) is 5.02 Å². The Morgan fingerprint density at radius 1 is 1.40 bits per heavy atom. The molecule has 2 aromatic rings. The molecule has 1 aromatic carbocycles. The fourth-order valence-corrected chi connectivity index (χ4v) is 3.44. The number of hydrogen-bond acceptors (Lipinski definition) is 3. The van der Waals surface area contributed by atoms with Crippen LogP contribution in [0.25, 0.3) is 0 Å². The van der Waals surface area contributed by atoms with Crippen molar-refractivity contribution in [1.82, 2.24) is 4.98 Å². The van der Waals surface area contributed by atoms with Crippen molar-refractivity contribution >= 4 is 39.3 Å². The molecule has 1 heterocycles. The zero-order chi connectivity index (χ0) is 14.5. The molecule has 0 bridgehead atoms. The van der Waals surface area contributed by atoms with Gasteiger partial charge in [-0.1, -0.05) is 36.4 Å². The van der Waals surface area contributed by atoms with Gasteiger partial charge in [0.1, 0.15) is 5.03 Å². The molecule has 0 fully saturated rings. The van der Waals surface area contributed by atoms with E-state index in [1.807, 2.05) is 12.1 Å². The zero-order valence-corrected chi connectivity index (χ0v) is 14.3. The molecule has 106 valence electrons.